The van der Waals surface area contributed by atoms with Gasteiger partial charge in [-0.15, -0.1) is 0 Å². The molecule has 0 bridgehead atoms. The molecule has 10 nitrogen and oxygen atoms in total. The van der Waals surface area contributed by atoms with Crippen molar-refractivity contribution >= 4 is 23.9 Å². The maximum Gasteiger partial charge on any atom is 0.309 e. The van der Waals surface area contributed by atoms with Gasteiger partial charge in [0.15, 0.2) is 0 Å². The van der Waals surface area contributed by atoms with Crippen LogP contribution in [0.1, 0.15) is 200 Å². The van der Waals surface area contributed by atoms with Gasteiger partial charge in [0.2, 0.25) is 0 Å². The Bertz CT molecular complexity index is 785. The summed E-state index contributed by atoms with van der Waals surface area (Å²) >= 11 is 0. The lowest BCUT2D eigenvalue weighted by Gasteiger charge is -2.17. The van der Waals surface area contributed by atoms with Crippen molar-refractivity contribution in [2.75, 3.05) is 13.2 Å². The van der Waals surface area contributed by atoms with E-state index in [-0.39, 0.29) is 37.9 Å². The average molecular weight is 717 g/mol. The molecular formula is C40H76O10. The van der Waals surface area contributed by atoms with Crippen LogP contribution in [0.15, 0.2) is 0 Å². The third-order valence-electron chi connectivity index (χ3n) is 9.02. The average Bonchev–Trinajstić information content (AvgIpc) is 3.06. The summed E-state index contributed by atoms with van der Waals surface area (Å²) in [5.74, 6) is -1.92. The molecule has 0 saturated carbocycles. The third kappa shape index (κ3) is 42.0. The predicted octanol–water partition coefficient (Wildman–Crippen LogP) is 9.71. The molecule has 0 rings (SSSR count). The molecule has 296 valence electrons. The van der Waals surface area contributed by atoms with Gasteiger partial charge in [-0.1, -0.05) is 149 Å². The molecule has 0 aromatic carbocycles. The number of rotatable bonds is 36. The van der Waals surface area contributed by atoms with E-state index >= 15 is 0 Å². The van der Waals surface area contributed by atoms with Crippen LogP contribution in [0.2, 0.25) is 0 Å². The summed E-state index contributed by atoms with van der Waals surface area (Å²) in [6.07, 6.45) is 28.9. The highest BCUT2D eigenvalue weighted by Crippen LogP contribution is 2.22. The number of carbonyl (C=O) groups is 4. The number of carbonyl (C=O) groups excluding carboxylic acids is 1. The fourth-order valence-corrected chi connectivity index (χ4v) is 5.90. The molecule has 0 aliphatic carbocycles. The molecule has 0 heterocycles. The second-order valence-corrected chi connectivity index (χ2v) is 14.5. The summed E-state index contributed by atoms with van der Waals surface area (Å²) in [5, 5.41) is 43.4. The molecule has 2 atom stereocenters. The molecule has 0 aliphatic rings. The number of carboxylic acid groups (broad SMARTS) is 3. The Balaban J connectivity index is 0. The quantitative estimate of drug-likeness (QED) is 0.0310. The Morgan fingerprint density at radius 1 is 0.460 bits per heavy atom. The van der Waals surface area contributed by atoms with Crippen molar-refractivity contribution in [3.05, 3.63) is 0 Å². The first-order valence-electron chi connectivity index (χ1n) is 20.1. The van der Waals surface area contributed by atoms with Crippen molar-refractivity contribution in [3.8, 4) is 0 Å². The van der Waals surface area contributed by atoms with Crippen LogP contribution in [0.4, 0.5) is 0 Å². The number of ether oxygens (including phenoxy) is 1. The largest absolute Gasteiger partial charge is 0.481 e. The molecule has 0 aliphatic heterocycles. The van der Waals surface area contributed by atoms with E-state index in [0.29, 0.717) is 19.3 Å². The van der Waals surface area contributed by atoms with Gasteiger partial charge in [-0.3, -0.25) is 19.2 Å². The first kappa shape index (κ1) is 49.9. The highest BCUT2D eigenvalue weighted by molar-refractivity contribution is 5.72. The lowest BCUT2D eigenvalue weighted by atomic mass is 9.94. The monoisotopic (exact) mass is 717 g/mol. The number of hydrogen-bond donors (Lipinski definition) is 5. The number of unbranched alkanes of at least 4 members (excludes halogenated alkanes) is 20. The van der Waals surface area contributed by atoms with Gasteiger partial charge in [0.1, 0.15) is 12.7 Å². The zero-order chi connectivity index (χ0) is 37.7. The van der Waals surface area contributed by atoms with Crippen LogP contribution in [-0.4, -0.2) is 68.7 Å². The summed E-state index contributed by atoms with van der Waals surface area (Å²) < 4.78 is 5.31. The number of aliphatic hydroxyl groups is 2. The Morgan fingerprint density at radius 2 is 0.740 bits per heavy atom. The molecule has 0 amide bonds. The van der Waals surface area contributed by atoms with Crippen molar-refractivity contribution < 1.29 is 49.4 Å². The van der Waals surface area contributed by atoms with Crippen LogP contribution in [0.5, 0.6) is 0 Å². The lowest BCUT2D eigenvalue weighted by molar-refractivity contribution is -0.153. The van der Waals surface area contributed by atoms with E-state index in [9.17, 15) is 24.3 Å². The van der Waals surface area contributed by atoms with Crippen molar-refractivity contribution in [1.29, 1.82) is 0 Å². The van der Waals surface area contributed by atoms with E-state index in [4.69, 9.17) is 25.2 Å². The van der Waals surface area contributed by atoms with Gasteiger partial charge in [-0.05, 0) is 38.0 Å². The molecule has 5 N–H and O–H groups in total. The first-order chi connectivity index (χ1) is 24.0. The normalized spacial score (nSPS) is 12.3. The summed E-state index contributed by atoms with van der Waals surface area (Å²) in [4.78, 5) is 42.9. The number of hydrogen-bond acceptors (Lipinski definition) is 7. The number of carboxylic acids is 3. The minimum Gasteiger partial charge on any atom is -0.481 e. The topological polar surface area (TPSA) is 179 Å². The van der Waals surface area contributed by atoms with E-state index in [1.807, 2.05) is 0 Å². The molecule has 0 radical (unpaired) electrons. The van der Waals surface area contributed by atoms with Gasteiger partial charge in [-0.2, -0.15) is 0 Å². The predicted molar refractivity (Wildman–Crippen MR) is 199 cm³/mol. The van der Waals surface area contributed by atoms with Crippen LogP contribution < -0.4 is 0 Å². The lowest BCUT2D eigenvalue weighted by Crippen LogP contribution is -2.25. The van der Waals surface area contributed by atoms with Gasteiger partial charge in [0.05, 0.1) is 12.5 Å². The minimum atomic E-state index is -0.989. The van der Waals surface area contributed by atoms with Gasteiger partial charge in [0, 0.05) is 19.3 Å². The second kappa shape index (κ2) is 38.0. The van der Waals surface area contributed by atoms with Crippen LogP contribution in [-0.2, 0) is 23.9 Å². The molecule has 10 heteroatoms. The van der Waals surface area contributed by atoms with E-state index < -0.39 is 24.0 Å². The van der Waals surface area contributed by atoms with Crippen molar-refractivity contribution in [2.45, 2.75) is 206 Å². The van der Waals surface area contributed by atoms with Gasteiger partial charge >= 0.3 is 23.9 Å². The van der Waals surface area contributed by atoms with Gasteiger partial charge in [0.25, 0.3) is 0 Å². The van der Waals surface area contributed by atoms with Crippen molar-refractivity contribution in [3.63, 3.8) is 0 Å². The van der Waals surface area contributed by atoms with E-state index in [0.717, 1.165) is 50.9 Å². The zero-order valence-corrected chi connectivity index (χ0v) is 31.9. The summed E-state index contributed by atoms with van der Waals surface area (Å²) in [6.45, 7) is 4.06. The molecule has 50 heavy (non-hydrogen) atoms. The van der Waals surface area contributed by atoms with E-state index in [2.05, 4.69) is 13.8 Å². The molecule has 0 fully saturated rings. The number of aliphatic carboxylic acids is 3. The Morgan fingerprint density at radius 3 is 1.04 bits per heavy atom. The zero-order valence-electron chi connectivity index (χ0n) is 31.9. The van der Waals surface area contributed by atoms with Gasteiger partial charge < -0.3 is 30.3 Å². The van der Waals surface area contributed by atoms with E-state index in [1.54, 1.807) is 0 Å². The van der Waals surface area contributed by atoms with Crippen molar-refractivity contribution in [1.82, 2.24) is 0 Å². The first-order valence-corrected chi connectivity index (χ1v) is 20.1. The number of esters is 1. The third-order valence-corrected chi connectivity index (χ3v) is 9.02. The molecular weight excluding hydrogens is 640 g/mol. The molecule has 2 unspecified atom stereocenters. The van der Waals surface area contributed by atoms with Crippen LogP contribution in [0.25, 0.3) is 0 Å². The van der Waals surface area contributed by atoms with Crippen LogP contribution in [0, 0.1) is 11.8 Å². The Kier molecular flexibility index (Phi) is 38.0. The fourth-order valence-electron chi connectivity index (χ4n) is 5.90. The minimum absolute atomic E-state index is 0.0628. The molecule has 0 aromatic heterocycles. The fraction of sp³-hybridized carbons (Fsp3) is 0.900. The van der Waals surface area contributed by atoms with E-state index in [1.165, 1.54) is 109 Å². The van der Waals surface area contributed by atoms with Crippen LogP contribution in [0.3, 0.4) is 0 Å². The summed E-state index contributed by atoms with van der Waals surface area (Å²) in [6, 6.07) is 0. The highest BCUT2D eigenvalue weighted by Gasteiger charge is 2.20. The van der Waals surface area contributed by atoms with Gasteiger partial charge in [-0.25, -0.2) is 0 Å². The number of aliphatic hydroxyl groups excluding tert-OH is 2. The standard InChI is InChI=1S/C34H66O6.C6H10O4/c1-30(2)24-20-16-14-15-18-22-26-31(34(39)40-29-32(36)28-35)25-21-17-12-10-8-6-4-3-5-7-9-11-13-19-23-27-33(37)38;7-5(8)3-1-2-4-6(9)10/h30-32,35-36H,3-29H2,1-2H3,(H,37,38);1-4H2,(H,7,8)(H,9,10). The maximum absolute atomic E-state index is 12.6. The summed E-state index contributed by atoms with van der Waals surface area (Å²) in [7, 11) is 0. The highest BCUT2D eigenvalue weighted by atomic mass is 16.5. The van der Waals surface area contributed by atoms with Crippen molar-refractivity contribution in [2.24, 2.45) is 11.8 Å². The maximum atomic E-state index is 12.6. The Hall–Kier alpha value is -2.20. The molecule has 0 aromatic rings. The summed E-state index contributed by atoms with van der Waals surface area (Å²) in [5.41, 5.74) is 0. The second-order valence-electron chi connectivity index (χ2n) is 14.5. The molecule has 0 saturated heterocycles. The molecule has 0 spiro atoms. The van der Waals surface area contributed by atoms with Crippen LogP contribution >= 0.6 is 0 Å². The Labute approximate surface area is 304 Å². The SMILES string of the molecule is CC(C)CCCCCCCCC(CCCCCCCCCCCCCCCCCC(=O)O)C(=O)OCC(O)CO.O=C(O)CCCCC(=O)O. The smallest absolute Gasteiger partial charge is 0.309 e.